The molecule has 0 saturated carbocycles. The van der Waals surface area contributed by atoms with Crippen LogP contribution in [0.25, 0.3) is 0 Å². The van der Waals surface area contributed by atoms with Gasteiger partial charge in [-0.05, 0) is 73.1 Å². The topological polar surface area (TPSA) is 43.8 Å². The van der Waals surface area contributed by atoms with Crippen LogP contribution in [-0.2, 0) is 4.79 Å². The summed E-state index contributed by atoms with van der Waals surface area (Å²) in [5, 5.41) is 9.01. The zero-order valence-corrected chi connectivity index (χ0v) is 20.0. The van der Waals surface area contributed by atoms with E-state index in [1.54, 1.807) is 0 Å². The molecule has 1 fully saturated rings. The lowest BCUT2D eigenvalue weighted by atomic mass is 10.0. The second-order valence-electron chi connectivity index (χ2n) is 8.88. The smallest absolute Gasteiger partial charge is 0.246 e. The molecule has 0 atom stereocenters. The van der Waals surface area contributed by atoms with Crippen molar-refractivity contribution in [2.45, 2.75) is 73.1 Å². The number of piperazine rings is 1. The molecule has 0 aromatic carbocycles. The van der Waals surface area contributed by atoms with Gasteiger partial charge in [-0.25, -0.2) is 0 Å². The second-order valence-corrected chi connectivity index (χ2v) is 8.88. The number of hydrogen-bond donors (Lipinski definition) is 1. The summed E-state index contributed by atoms with van der Waals surface area (Å²) < 4.78 is 0. The average Bonchev–Trinajstić information content (AvgIpc) is 2.68. The zero-order chi connectivity index (χ0) is 22.4. The second kappa shape index (κ2) is 15.2. The number of carbonyl (C=O) groups excluding carboxylic acids is 1. The van der Waals surface area contributed by atoms with E-state index in [2.05, 4.69) is 57.7 Å². The van der Waals surface area contributed by atoms with Crippen LogP contribution < -0.4 is 0 Å². The number of aliphatic hydroxyl groups is 1. The number of allylic oxidation sites excluding steroid dienone is 7. The summed E-state index contributed by atoms with van der Waals surface area (Å²) in [6.07, 6.45) is 15.3. The van der Waals surface area contributed by atoms with Gasteiger partial charge in [-0.15, -0.1) is 0 Å². The molecule has 0 spiro atoms. The van der Waals surface area contributed by atoms with Gasteiger partial charge in [0.05, 0.1) is 6.61 Å². The van der Waals surface area contributed by atoms with Crippen LogP contribution in [0, 0.1) is 0 Å². The van der Waals surface area contributed by atoms with Crippen molar-refractivity contribution in [3.05, 3.63) is 46.6 Å². The molecular formula is C26H44N2O2. The quantitative estimate of drug-likeness (QED) is 0.348. The number of hydrogen-bond acceptors (Lipinski definition) is 3. The molecule has 1 aliphatic heterocycles. The molecule has 0 aliphatic carbocycles. The highest BCUT2D eigenvalue weighted by atomic mass is 16.3. The number of β-amino-alcohol motifs (C(OH)–C–C–N with tert-alkyl or cyclic N) is 1. The summed E-state index contributed by atoms with van der Waals surface area (Å²) in [5.74, 6) is 0.130. The zero-order valence-electron chi connectivity index (χ0n) is 20.0. The van der Waals surface area contributed by atoms with Crippen molar-refractivity contribution in [3.63, 3.8) is 0 Å². The van der Waals surface area contributed by atoms with Crippen molar-refractivity contribution >= 4 is 5.91 Å². The van der Waals surface area contributed by atoms with Crippen molar-refractivity contribution in [2.75, 3.05) is 39.3 Å². The molecule has 4 nitrogen and oxygen atoms in total. The lowest BCUT2D eigenvalue weighted by Crippen LogP contribution is -2.48. The molecule has 0 aromatic heterocycles. The fraction of sp³-hybridized carbons (Fsp3) is 0.654. The number of nitrogens with zero attached hydrogens (tertiary/aromatic N) is 2. The maximum Gasteiger partial charge on any atom is 0.246 e. The Kier molecular flexibility index (Phi) is 13.4. The summed E-state index contributed by atoms with van der Waals surface area (Å²) in [5.41, 5.74) is 5.46. The van der Waals surface area contributed by atoms with Crippen LogP contribution in [0.2, 0.25) is 0 Å². The van der Waals surface area contributed by atoms with Crippen molar-refractivity contribution in [1.29, 1.82) is 0 Å². The first-order chi connectivity index (χ1) is 14.3. The number of aliphatic hydroxyl groups excluding tert-OH is 1. The van der Waals surface area contributed by atoms with Crippen molar-refractivity contribution in [2.24, 2.45) is 0 Å². The third kappa shape index (κ3) is 12.1. The van der Waals surface area contributed by atoms with Crippen LogP contribution in [0.5, 0.6) is 0 Å². The van der Waals surface area contributed by atoms with Crippen molar-refractivity contribution < 1.29 is 9.90 Å². The Labute approximate surface area is 185 Å². The fourth-order valence-electron chi connectivity index (χ4n) is 3.59. The maximum atomic E-state index is 12.4. The third-order valence-electron chi connectivity index (χ3n) is 5.62. The van der Waals surface area contributed by atoms with E-state index in [-0.39, 0.29) is 12.5 Å². The van der Waals surface area contributed by atoms with Gasteiger partial charge in [-0.2, -0.15) is 0 Å². The molecule has 4 heteroatoms. The molecule has 1 heterocycles. The number of carbonyl (C=O) groups is 1. The monoisotopic (exact) mass is 416 g/mol. The van der Waals surface area contributed by atoms with Crippen LogP contribution in [0.1, 0.15) is 73.1 Å². The molecule has 0 unspecified atom stereocenters. The van der Waals surface area contributed by atoms with Gasteiger partial charge in [0.2, 0.25) is 5.91 Å². The first-order valence-corrected chi connectivity index (χ1v) is 11.6. The largest absolute Gasteiger partial charge is 0.395 e. The van der Waals surface area contributed by atoms with Gasteiger partial charge in [-0.1, -0.05) is 40.5 Å². The lowest BCUT2D eigenvalue weighted by molar-refractivity contribution is -0.127. The molecule has 1 saturated heterocycles. The van der Waals surface area contributed by atoms with E-state index in [1.165, 1.54) is 16.7 Å². The van der Waals surface area contributed by atoms with E-state index in [0.29, 0.717) is 6.54 Å². The Bertz CT molecular complexity index is 631. The van der Waals surface area contributed by atoms with Crippen LogP contribution in [-0.4, -0.2) is 60.1 Å². The van der Waals surface area contributed by atoms with E-state index >= 15 is 0 Å². The van der Waals surface area contributed by atoms with Crippen LogP contribution in [0.3, 0.4) is 0 Å². The third-order valence-corrected chi connectivity index (χ3v) is 5.62. The summed E-state index contributed by atoms with van der Waals surface area (Å²) in [4.78, 5) is 16.6. The summed E-state index contributed by atoms with van der Waals surface area (Å²) in [6.45, 7) is 14.9. The molecule has 0 radical (unpaired) electrons. The van der Waals surface area contributed by atoms with Crippen molar-refractivity contribution in [3.8, 4) is 0 Å². The van der Waals surface area contributed by atoms with Gasteiger partial charge < -0.3 is 10.0 Å². The summed E-state index contributed by atoms with van der Waals surface area (Å²) >= 11 is 0. The number of rotatable bonds is 12. The molecule has 0 aromatic rings. The summed E-state index contributed by atoms with van der Waals surface area (Å²) in [6, 6.07) is 0. The molecule has 30 heavy (non-hydrogen) atoms. The highest BCUT2D eigenvalue weighted by Crippen LogP contribution is 2.14. The van der Waals surface area contributed by atoms with Crippen LogP contribution in [0.15, 0.2) is 46.6 Å². The minimum Gasteiger partial charge on any atom is -0.395 e. The van der Waals surface area contributed by atoms with E-state index in [0.717, 1.165) is 70.3 Å². The highest BCUT2D eigenvalue weighted by Gasteiger charge is 2.19. The van der Waals surface area contributed by atoms with Gasteiger partial charge in [0.1, 0.15) is 0 Å². The summed E-state index contributed by atoms with van der Waals surface area (Å²) in [7, 11) is 0. The lowest BCUT2D eigenvalue weighted by Gasteiger charge is -2.33. The fourth-order valence-corrected chi connectivity index (χ4v) is 3.59. The van der Waals surface area contributed by atoms with Crippen LogP contribution >= 0.6 is 0 Å². The van der Waals surface area contributed by atoms with E-state index in [4.69, 9.17) is 5.11 Å². The van der Waals surface area contributed by atoms with Gasteiger partial charge >= 0.3 is 0 Å². The SMILES string of the molecule is CC(C)=CCCC(C)=CCCC(C)=CCCC(C)=CC(=O)N1CCN(CCO)CC1. The molecule has 170 valence electrons. The number of amides is 1. The molecule has 0 bridgehead atoms. The Hall–Kier alpha value is -1.65. The van der Waals surface area contributed by atoms with Gasteiger partial charge in [0, 0.05) is 38.8 Å². The predicted molar refractivity (Wildman–Crippen MR) is 129 cm³/mol. The minimum absolute atomic E-state index is 0.130. The van der Waals surface area contributed by atoms with Gasteiger partial charge in [-0.3, -0.25) is 9.69 Å². The Balaban J connectivity index is 2.29. The van der Waals surface area contributed by atoms with E-state index in [9.17, 15) is 4.79 Å². The predicted octanol–water partition coefficient (Wildman–Crippen LogP) is 5.27. The molecule has 1 N–H and O–H groups in total. The molecule has 1 aliphatic rings. The highest BCUT2D eigenvalue weighted by molar-refractivity contribution is 5.88. The van der Waals surface area contributed by atoms with Gasteiger partial charge in [0.25, 0.3) is 0 Å². The molecule has 1 rings (SSSR count). The van der Waals surface area contributed by atoms with E-state index in [1.807, 2.05) is 11.0 Å². The minimum atomic E-state index is 0.130. The Morgan fingerprint density at radius 1 is 0.767 bits per heavy atom. The average molecular weight is 417 g/mol. The molecule has 1 amide bonds. The first kappa shape index (κ1) is 26.4. The Morgan fingerprint density at radius 3 is 1.77 bits per heavy atom. The molecular weight excluding hydrogens is 372 g/mol. The van der Waals surface area contributed by atoms with E-state index < -0.39 is 0 Å². The normalized spacial score (nSPS) is 16.7. The Morgan fingerprint density at radius 2 is 1.27 bits per heavy atom. The first-order valence-electron chi connectivity index (χ1n) is 11.6. The maximum absolute atomic E-state index is 12.4. The van der Waals surface area contributed by atoms with Crippen LogP contribution in [0.4, 0.5) is 0 Å². The van der Waals surface area contributed by atoms with Crippen molar-refractivity contribution in [1.82, 2.24) is 9.80 Å². The van der Waals surface area contributed by atoms with Gasteiger partial charge in [0.15, 0.2) is 0 Å². The standard InChI is InChI=1S/C26H44N2O2/c1-22(2)9-6-10-23(3)11-7-12-24(4)13-8-14-25(5)21-26(30)28-17-15-27(16-18-28)19-20-29/h9,11,13,21,29H,6-8,10,12,14-20H2,1-5H3.